The fourth-order valence-corrected chi connectivity index (χ4v) is 2.01. The van der Waals surface area contributed by atoms with E-state index in [4.69, 9.17) is 27.9 Å². The fraction of sp³-hybridized carbons (Fsp3) is 0.429. The van der Waals surface area contributed by atoms with Gasteiger partial charge in [-0.3, -0.25) is 14.9 Å². The molecule has 2 atom stereocenters. The Morgan fingerprint density at radius 3 is 2.36 bits per heavy atom. The first-order valence-electron chi connectivity index (χ1n) is 7.07. The van der Waals surface area contributed by atoms with Crippen LogP contribution in [-0.2, 0) is 14.3 Å². The number of alkyl halides is 2. The van der Waals surface area contributed by atoms with Crippen LogP contribution in [0.2, 0.25) is 0 Å². The van der Waals surface area contributed by atoms with Gasteiger partial charge in [-0.2, -0.15) is 0 Å². The maximum Gasteiger partial charge on any atom is 0.508 e. The molecule has 0 unspecified atom stereocenters. The van der Waals surface area contributed by atoms with Crippen LogP contribution in [0.15, 0.2) is 24.3 Å². The van der Waals surface area contributed by atoms with Crippen molar-refractivity contribution >= 4 is 41.0 Å². The van der Waals surface area contributed by atoms with Crippen LogP contribution in [0.1, 0.15) is 18.6 Å². The van der Waals surface area contributed by atoms with Crippen molar-refractivity contribution < 1.29 is 29.1 Å². The van der Waals surface area contributed by atoms with Crippen molar-refractivity contribution in [2.45, 2.75) is 23.9 Å². The van der Waals surface area contributed by atoms with Crippen molar-refractivity contribution in [1.29, 1.82) is 0 Å². The van der Waals surface area contributed by atoms with E-state index in [-0.39, 0.29) is 12.3 Å². The monoisotopic (exact) mass is 394 g/mol. The zero-order valence-corrected chi connectivity index (χ0v) is 14.6. The molecule has 0 fully saturated rings. The highest BCUT2D eigenvalue weighted by Crippen LogP contribution is 2.25. The Morgan fingerprint density at radius 1 is 1.32 bits per heavy atom. The third-order valence-corrected chi connectivity index (χ3v) is 3.40. The Balaban J connectivity index is 3.10. The van der Waals surface area contributed by atoms with Gasteiger partial charge in [-0.05, 0) is 24.6 Å². The number of rotatable bonds is 8. The van der Waals surface area contributed by atoms with E-state index in [2.05, 4.69) is 10.1 Å². The second-order valence-corrected chi connectivity index (χ2v) is 5.76. The number of benzene rings is 1. The van der Waals surface area contributed by atoms with Gasteiger partial charge in [-0.15, -0.1) is 0 Å². The van der Waals surface area contributed by atoms with Crippen molar-refractivity contribution in [3.8, 4) is 0 Å². The van der Waals surface area contributed by atoms with Gasteiger partial charge in [0, 0.05) is 12.1 Å². The normalized spacial score (nSPS) is 13.0. The molecule has 2 N–H and O–H groups in total. The lowest BCUT2D eigenvalue weighted by atomic mass is 10.0. The summed E-state index contributed by atoms with van der Waals surface area (Å²) >= 11 is 10.9. The number of nitrogens with one attached hydrogen (secondary N) is 1. The minimum absolute atomic E-state index is 0.0490. The van der Waals surface area contributed by atoms with Gasteiger partial charge in [0.2, 0.25) is 0 Å². The van der Waals surface area contributed by atoms with Gasteiger partial charge < -0.3 is 19.9 Å². The summed E-state index contributed by atoms with van der Waals surface area (Å²) in [5.74, 6) is -0.804. The van der Waals surface area contributed by atoms with Crippen molar-refractivity contribution in [2.24, 2.45) is 0 Å². The molecule has 0 spiro atoms. The van der Waals surface area contributed by atoms with Crippen LogP contribution in [0, 0.1) is 10.1 Å². The van der Waals surface area contributed by atoms with Crippen LogP contribution < -0.4 is 5.32 Å². The molecule has 0 radical (unpaired) electrons. The van der Waals surface area contributed by atoms with Crippen LogP contribution in [0.3, 0.4) is 0 Å². The summed E-state index contributed by atoms with van der Waals surface area (Å²) in [6.45, 7) is 1.000. The second kappa shape index (κ2) is 10.0. The zero-order chi connectivity index (χ0) is 19.0. The summed E-state index contributed by atoms with van der Waals surface area (Å²) in [7, 11) is 0. The first-order valence-corrected chi connectivity index (χ1v) is 7.94. The molecule has 138 valence electrons. The molecule has 0 aliphatic carbocycles. The third kappa shape index (κ3) is 6.37. The van der Waals surface area contributed by atoms with Crippen LogP contribution in [0.4, 0.5) is 10.5 Å². The largest absolute Gasteiger partial charge is 0.508 e. The van der Waals surface area contributed by atoms with Gasteiger partial charge in [0.1, 0.15) is 0 Å². The lowest BCUT2D eigenvalue weighted by Crippen LogP contribution is -2.45. The number of aliphatic hydroxyl groups excluding tert-OH is 1. The molecule has 0 saturated carbocycles. The highest BCUT2D eigenvalue weighted by molar-refractivity contribution is 6.53. The van der Waals surface area contributed by atoms with Crippen LogP contribution in [-0.4, -0.2) is 46.2 Å². The van der Waals surface area contributed by atoms with Gasteiger partial charge in [0.25, 0.3) is 11.6 Å². The van der Waals surface area contributed by atoms with E-state index in [1.807, 2.05) is 0 Å². The number of amides is 1. The first-order chi connectivity index (χ1) is 11.8. The van der Waals surface area contributed by atoms with Crippen LogP contribution >= 0.6 is 23.2 Å². The van der Waals surface area contributed by atoms with Gasteiger partial charge in [-0.25, -0.2) is 4.79 Å². The molecule has 0 bridgehead atoms. The molecule has 0 heterocycles. The molecule has 0 aromatic heterocycles. The van der Waals surface area contributed by atoms with Crippen molar-refractivity contribution in [3.63, 3.8) is 0 Å². The van der Waals surface area contributed by atoms with E-state index in [0.29, 0.717) is 5.56 Å². The molecule has 1 amide bonds. The molecular formula is C14H16Cl2N2O7. The first kappa shape index (κ1) is 20.9. The number of hydrogen-bond donors (Lipinski definition) is 2. The lowest BCUT2D eigenvalue weighted by molar-refractivity contribution is -0.384. The number of nitrogens with zero attached hydrogens (tertiary/aromatic N) is 1. The van der Waals surface area contributed by atoms with Gasteiger partial charge >= 0.3 is 6.16 Å². The van der Waals surface area contributed by atoms with Gasteiger partial charge in [0.05, 0.1) is 24.2 Å². The molecule has 0 aliphatic rings. The Labute approximate surface area is 153 Å². The quantitative estimate of drug-likeness (QED) is 0.299. The number of carbonyl (C=O) groups is 2. The van der Waals surface area contributed by atoms with E-state index in [9.17, 15) is 24.8 Å². The number of nitro groups is 1. The predicted molar refractivity (Wildman–Crippen MR) is 88.5 cm³/mol. The Kier molecular flexibility index (Phi) is 8.39. The van der Waals surface area contributed by atoms with Crippen molar-refractivity contribution in [2.75, 3.05) is 13.2 Å². The summed E-state index contributed by atoms with van der Waals surface area (Å²) in [5.41, 5.74) is 0.114. The second-order valence-electron chi connectivity index (χ2n) is 4.67. The average Bonchev–Trinajstić information content (AvgIpc) is 2.57. The standard InChI is InChI=1S/C14H16Cl2N2O7/c1-2-24-14(21)25-11(10(7-19)17-13(20)12(15)16)8-3-5-9(6-4-8)18(22)23/h3-6,10-12,19H,2,7H2,1H3,(H,17,20)/t10-,11-/m1/s1. The molecule has 0 aliphatic heterocycles. The Morgan fingerprint density at radius 2 is 1.92 bits per heavy atom. The minimum Gasteiger partial charge on any atom is -0.435 e. The molecule has 25 heavy (non-hydrogen) atoms. The number of hydrogen-bond acceptors (Lipinski definition) is 7. The van der Waals surface area contributed by atoms with Crippen molar-refractivity contribution in [1.82, 2.24) is 5.32 Å². The van der Waals surface area contributed by atoms with E-state index < -0.39 is 40.6 Å². The minimum atomic E-state index is -1.39. The summed E-state index contributed by atoms with van der Waals surface area (Å²) in [4.78, 5) is 32.0. The Hall–Kier alpha value is -2.10. The highest BCUT2D eigenvalue weighted by atomic mass is 35.5. The smallest absolute Gasteiger partial charge is 0.435 e. The highest BCUT2D eigenvalue weighted by Gasteiger charge is 2.30. The predicted octanol–water partition coefficient (Wildman–Crippen LogP) is 2.09. The Bertz CT molecular complexity index is 610. The topological polar surface area (TPSA) is 128 Å². The number of aliphatic hydroxyl groups is 1. The lowest BCUT2D eigenvalue weighted by Gasteiger charge is -2.26. The number of ether oxygens (including phenoxy) is 2. The summed E-state index contributed by atoms with van der Waals surface area (Å²) in [5, 5.41) is 22.6. The molecule has 9 nitrogen and oxygen atoms in total. The summed E-state index contributed by atoms with van der Waals surface area (Å²) in [6.07, 6.45) is -2.22. The number of carbonyl (C=O) groups excluding carboxylic acids is 2. The van der Waals surface area contributed by atoms with E-state index in [1.165, 1.54) is 24.3 Å². The molecule has 1 aromatic carbocycles. The van der Waals surface area contributed by atoms with E-state index in [1.54, 1.807) is 6.92 Å². The molecule has 11 heteroatoms. The SMILES string of the molecule is CCOC(=O)O[C@H](c1ccc([N+](=O)[O-])cc1)[C@@H](CO)NC(=O)C(Cl)Cl. The van der Waals surface area contributed by atoms with Gasteiger partial charge in [-0.1, -0.05) is 23.2 Å². The molecular weight excluding hydrogens is 379 g/mol. The van der Waals surface area contributed by atoms with E-state index in [0.717, 1.165) is 0 Å². The number of nitro benzene ring substituents is 1. The number of non-ortho nitro benzene ring substituents is 1. The molecule has 1 aromatic rings. The molecule has 1 rings (SSSR count). The fourth-order valence-electron chi connectivity index (χ4n) is 1.89. The number of halogens is 2. The average molecular weight is 395 g/mol. The summed E-state index contributed by atoms with van der Waals surface area (Å²) in [6, 6.07) is 3.95. The van der Waals surface area contributed by atoms with Crippen LogP contribution in [0.5, 0.6) is 0 Å². The van der Waals surface area contributed by atoms with Gasteiger partial charge in [0.15, 0.2) is 10.9 Å². The third-order valence-electron chi connectivity index (χ3n) is 3.01. The van der Waals surface area contributed by atoms with Crippen molar-refractivity contribution in [3.05, 3.63) is 39.9 Å². The maximum absolute atomic E-state index is 11.7. The van der Waals surface area contributed by atoms with Crippen LogP contribution in [0.25, 0.3) is 0 Å². The molecule has 0 saturated heterocycles. The maximum atomic E-state index is 11.7. The summed E-state index contributed by atoms with van der Waals surface area (Å²) < 4.78 is 9.81. The zero-order valence-electron chi connectivity index (χ0n) is 13.1. The van der Waals surface area contributed by atoms with E-state index >= 15 is 0 Å².